The van der Waals surface area contributed by atoms with Crippen LogP contribution >= 0.6 is 0 Å². The molecule has 74 valence electrons. The van der Waals surface area contributed by atoms with Gasteiger partial charge in [0.15, 0.2) is 0 Å². The molecule has 5 nitrogen and oxygen atoms in total. The highest BCUT2D eigenvalue weighted by Crippen LogP contribution is 2.08. The van der Waals surface area contributed by atoms with E-state index >= 15 is 0 Å². The Morgan fingerprint density at radius 1 is 1.62 bits per heavy atom. The van der Waals surface area contributed by atoms with E-state index in [1.54, 1.807) is 0 Å². The van der Waals surface area contributed by atoms with Crippen LogP contribution in [0.1, 0.15) is 5.69 Å². The minimum atomic E-state index is -4.23. The molecule has 1 N–H and O–H groups in total. The fourth-order valence-corrected chi connectivity index (χ4v) is 1.53. The van der Waals surface area contributed by atoms with E-state index in [1.807, 2.05) is 0 Å². The van der Waals surface area contributed by atoms with E-state index in [9.17, 15) is 17.2 Å². The fraction of sp³-hybridized carbons (Fsp3) is 0.400. The number of aromatic nitrogens is 2. The normalized spacial score (nSPS) is 12.2. The van der Waals surface area contributed by atoms with Crippen molar-refractivity contribution in [1.82, 2.24) is 10.2 Å². The molecule has 0 fully saturated rings. The van der Waals surface area contributed by atoms with Crippen LogP contribution in [-0.4, -0.2) is 25.2 Å². The quantitative estimate of drug-likeness (QED) is 0.737. The second-order valence-electron chi connectivity index (χ2n) is 2.14. The van der Waals surface area contributed by atoms with Gasteiger partial charge in [-0.15, -0.1) is 0 Å². The fourth-order valence-electron chi connectivity index (χ4n) is 0.700. The van der Waals surface area contributed by atoms with E-state index in [4.69, 9.17) is 0 Å². The van der Waals surface area contributed by atoms with Crippen molar-refractivity contribution in [2.24, 2.45) is 0 Å². The van der Waals surface area contributed by atoms with E-state index < -0.39 is 22.5 Å². The van der Waals surface area contributed by atoms with E-state index in [1.165, 1.54) is 12.3 Å². The molecule has 0 amide bonds. The van der Waals surface area contributed by atoms with Crippen molar-refractivity contribution in [1.29, 1.82) is 0 Å². The molecule has 8 heteroatoms. The third-order valence-corrected chi connectivity index (χ3v) is 2.21. The highest BCUT2D eigenvalue weighted by atomic mass is 32.2. The molecule has 13 heavy (non-hydrogen) atoms. The smallest absolute Gasteiger partial charge is 0.281 e. The molecular weight excluding hydrogens is 206 g/mol. The summed E-state index contributed by atoms with van der Waals surface area (Å²) in [7, 11) is -4.23. The van der Waals surface area contributed by atoms with Crippen LogP contribution in [0.5, 0.6) is 0 Å². The minimum absolute atomic E-state index is 0.195. The first-order chi connectivity index (χ1) is 5.99. The first-order valence-electron chi connectivity index (χ1n) is 3.17. The van der Waals surface area contributed by atoms with Gasteiger partial charge in [-0.1, -0.05) is 0 Å². The Morgan fingerprint density at radius 2 is 2.31 bits per heavy atom. The first-order valence-corrected chi connectivity index (χ1v) is 4.75. The van der Waals surface area contributed by atoms with E-state index in [2.05, 4.69) is 14.4 Å². The van der Waals surface area contributed by atoms with E-state index in [0.717, 1.165) is 0 Å². The van der Waals surface area contributed by atoms with Crippen molar-refractivity contribution < 1.29 is 21.4 Å². The number of hydrogen-bond donors (Lipinski definition) is 1. The number of hydrogen-bond acceptors (Lipinski definition) is 4. The van der Waals surface area contributed by atoms with Crippen LogP contribution in [0.3, 0.4) is 0 Å². The topological polar surface area (TPSA) is 72.0 Å². The van der Waals surface area contributed by atoms with Crippen LogP contribution in [0.2, 0.25) is 0 Å². The maximum absolute atomic E-state index is 11.5. The largest absolute Gasteiger partial charge is 0.358 e. The Hall–Kier alpha value is -1.02. The van der Waals surface area contributed by atoms with Gasteiger partial charge in [-0.3, -0.25) is 5.10 Å². The van der Waals surface area contributed by atoms with Crippen molar-refractivity contribution in [3.8, 4) is 0 Å². The number of aromatic amines is 1. The van der Waals surface area contributed by atoms with Gasteiger partial charge in [0, 0.05) is 6.20 Å². The van der Waals surface area contributed by atoms with Gasteiger partial charge in [-0.25, -0.2) is 4.18 Å². The zero-order valence-corrected chi connectivity index (χ0v) is 7.09. The predicted molar refractivity (Wildman–Crippen MR) is 38.3 cm³/mol. The summed E-state index contributed by atoms with van der Waals surface area (Å²) in [5, 5.41) is 5.77. The van der Waals surface area contributed by atoms with Gasteiger partial charge < -0.3 is 0 Å². The Bertz CT molecular complexity index is 348. The van der Waals surface area contributed by atoms with Gasteiger partial charge in [0.1, 0.15) is 5.75 Å². The predicted octanol–water partition coefficient (Wildman–Crippen LogP) is 0.479. The summed E-state index contributed by atoms with van der Waals surface area (Å²) >= 11 is 0. The van der Waals surface area contributed by atoms with Crippen LogP contribution in [0.4, 0.5) is 8.78 Å². The van der Waals surface area contributed by atoms with E-state index in [-0.39, 0.29) is 5.69 Å². The summed E-state index contributed by atoms with van der Waals surface area (Å²) in [6.45, 7) is -3.33. The maximum Gasteiger partial charge on any atom is 0.358 e. The third kappa shape index (κ3) is 3.47. The Labute approximate surface area is 72.8 Å². The molecule has 0 bridgehead atoms. The lowest BCUT2D eigenvalue weighted by Gasteiger charge is -2.01. The second-order valence-corrected chi connectivity index (χ2v) is 3.74. The van der Waals surface area contributed by atoms with Crippen molar-refractivity contribution >= 4 is 10.1 Å². The molecule has 0 aromatic carbocycles. The summed E-state index contributed by atoms with van der Waals surface area (Å²) in [6, 6.07) is 1.35. The minimum Gasteiger partial charge on any atom is -0.281 e. The molecule has 1 aromatic heterocycles. The molecule has 0 saturated heterocycles. The molecule has 0 unspecified atom stereocenters. The molecule has 0 atom stereocenters. The SMILES string of the molecule is O=S(=O)(Cc1ccn[nH]1)OC(F)F. The van der Waals surface area contributed by atoms with Gasteiger partial charge in [-0.2, -0.15) is 22.3 Å². The Balaban J connectivity index is 2.63. The number of nitrogens with zero attached hydrogens (tertiary/aromatic N) is 1. The van der Waals surface area contributed by atoms with Gasteiger partial charge in [0.25, 0.3) is 10.1 Å². The molecular formula is C5H6F2N2O3S. The van der Waals surface area contributed by atoms with Gasteiger partial charge in [0.2, 0.25) is 0 Å². The van der Waals surface area contributed by atoms with E-state index in [0.29, 0.717) is 0 Å². The average Bonchev–Trinajstić information content (AvgIpc) is 2.34. The monoisotopic (exact) mass is 212 g/mol. The molecule has 0 radical (unpaired) electrons. The third-order valence-electron chi connectivity index (χ3n) is 1.11. The molecule has 0 aliphatic heterocycles. The number of rotatable bonds is 4. The molecule has 0 aliphatic rings. The van der Waals surface area contributed by atoms with Gasteiger partial charge >= 0.3 is 6.61 Å². The standard InChI is InChI=1S/C5H6F2N2O3S/c6-5(7)12-13(10,11)3-4-1-2-8-9-4/h1-2,5H,3H2,(H,8,9). The molecule has 0 spiro atoms. The highest BCUT2D eigenvalue weighted by Gasteiger charge is 2.18. The van der Waals surface area contributed by atoms with Crippen LogP contribution in [-0.2, 0) is 20.1 Å². The van der Waals surface area contributed by atoms with Crippen LogP contribution in [0.15, 0.2) is 12.3 Å². The molecule has 0 aliphatic carbocycles. The van der Waals surface area contributed by atoms with Gasteiger partial charge in [0.05, 0.1) is 5.69 Å². The summed E-state index contributed by atoms with van der Waals surface area (Å²) in [5.41, 5.74) is 0.195. The van der Waals surface area contributed by atoms with Crippen LogP contribution in [0, 0.1) is 0 Å². The summed E-state index contributed by atoms with van der Waals surface area (Å²) in [4.78, 5) is 0. The van der Waals surface area contributed by atoms with Crippen molar-refractivity contribution in [3.63, 3.8) is 0 Å². The summed E-state index contributed by atoms with van der Waals surface area (Å²) in [5.74, 6) is -0.642. The summed E-state index contributed by atoms with van der Waals surface area (Å²) < 4.78 is 48.0. The number of halogens is 2. The van der Waals surface area contributed by atoms with Crippen molar-refractivity contribution in [3.05, 3.63) is 18.0 Å². The molecule has 1 rings (SSSR count). The second kappa shape index (κ2) is 3.79. The first kappa shape index (κ1) is 10.1. The number of alkyl halides is 2. The van der Waals surface area contributed by atoms with Crippen molar-refractivity contribution in [2.75, 3.05) is 0 Å². The van der Waals surface area contributed by atoms with Gasteiger partial charge in [-0.05, 0) is 6.07 Å². The highest BCUT2D eigenvalue weighted by molar-refractivity contribution is 7.85. The lowest BCUT2D eigenvalue weighted by atomic mass is 10.5. The van der Waals surface area contributed by atoms with Crippen molar-refractivity contribution in [2.45, 2.75) is 12.4 Å². The zero-order chi connectivity index (χ0) is 9.90. The lowest BCUT2D eigenvalue weighted by molar-refractivity contribution is -0.0446. The molecule has 1 aromatic rings. The van der Waals surface area contributed by atoms with Crippen LogP contribution in [0.25, 0.3) is 0 Å². The molecule has 0 saturated carbocycles. The average molecular weight is 212 g/mol. The lowest BCUT2D eigenvalue weighted by Crippen LogP contribution is -2.12. The zero-order valence-electron chi connectivity index (χ0n) is 6.28. The number of H-pyrrole nitrogens is 1. The Morgan fingerprint density at radius 3 is 2.77 bits per heavy atom. The number of nitrogens with one attached hydrogen (secondary N) is 1. The molecule has 1 heterocycles. The maximum atomic E-state index is 11.5. The van der Waals surface area contributed by atoms with Crippen LogP contribution < -0.4 is 0 Å². The summed E-state index contributed by atoms with van der Waals surface area (Å²) in [6.07, 6.45) is 1.31. The Kier molecular flexibility index (Phi) is 2.94.